The van der Waals surface area contributed by atoms with Crippen molar-refractivity contribution >= 4 is 40.0 Å². The fourth-order valence-electron chi connectivity index (χ4n) is 2.70. The number of halogens is 1. The van der Waals surface area contributed by atoms with Crippen molar-refractivity contribution in [2.45, 2.75) is 38.1 Å². The number of nitrogens with zero attached hydrogens (tertiary/aromatic N) is 2. The number of guanidine groups is 1. The van der Waals surface area contributed by atoms with Crippen LogP contribution < -0.4 is 10.6 Å². The summed E-state index contributed by atoms with van der Waals surface area (Å²) in [7, 11) is -1.23. The highest BCUT2D eigenvalue weighted by Crippen LogP contribution is 2.17. The van der Waals surface area contributed by atoms with Gasteiger partial charge in [0.25, 0.3) is 0 Å². The molecule has 0 bridgehead atoms. The molecule has 20 heavy (non-hydrogen) atoms. The highest BCUT2D eigenvalue weighted by molar-refractivity contribution is 14.0. The minimum Gasteiger partial charge on any atom is -0.355 e. The topological polar surface area (TPSA) is 73.8 Å². The van der Waals surface area contributed by atoms with Crippen molar-refractivity contribution < 1.29 is 8.42 Å². The van der Waals surface area contributed by atoms with Crippen LogP contribution in [0, 0.1) is 0 Å². The van der Waals surface area contributed by atoms with Crippen LogP contribution in [0.4, 0.5) is 0 Å². The Bertz CT molecular complexity index is 421. The number of aliphatic imine (C=N–C) groups is 1. The molecule has 0 aromatic rings. The smallest absolute Gasteiger partial charge is 0.214 e. The Balaban J connectivity index is 0.00000200. The first-order valence-electron chi connectivity index (χ1n) is 7.07. The highest BCUT2D eigenvalue weighted by atomic mass is 127. The van der Waals surface area contributed by atoms with E-state index in [4.69, 9.17) is 0 Å². The van der Waals surface area contributed by atoms with Crippen molar-refractivity contribution in [2.75, 3.05) is 32.4 Å². The predicted octanol–water partition coefficient (Wildman–Crippen LogP) is 0.747. The zero-order valence-corrected chi connectivity index (χ0v) is 15.1. The molecule has 2 aliphatic rings. The minimum absolute atomic E-state index is 0. The average Bonchev–Trinajstić information content (AvgIpc) is 2.98. The third kappa shape index (κ3) is 5.03. The van der Waals surface area contributed by atoms with Gasteiger partial charge in [-0.15, -0.1) is 24.0 Å². The van der Waals surface area contributed by atoms with Gasteiger partial charge in [-0.25, -0.2) is 12.7 Å². The molecule has 2 fully saturated rings. The van der Waals surface area contributed by atoms with Crippen LogP contribution in [0.15, 0.2) is 4.99 Å². The van der Waals surface area contributed by atoms with Crippen LogP contribution in [0.5, 0.6) is 0 Å². The van der Waals surface area contributed by atoms with Gasteiger partial charge in [-0.05, 0) is 19.3 Å². The van der Waals surface area contributed by atoms with Crippen LogP contribution in [0.2, 0.25) is 0 Å². The molecule has 118 valence electrons. The standard InChI is InChI=1S/C12H24N4O2S.HI/c1-13-12(15-11-5-2-3-6-11)14-7-9-16-8-4-10-19(16,17)18;/h11H,2-10H2,1H3,(H2,13,14,15);1H. The van der Waals surface area contributed by atoms with Gasteiger partial charge in [0.1, 0.15) is 0 Å². The Morgan fingerprint density at radius 1 is 1.30 bits per heavy atom. The van der Waals surface area contributed by atoms with Crippen LogP contribution in [-0.4, -0.2) is 57.2 Å². The Kier molecular flexibility index (Phi) is 7.52. The molecule has 1 heterocycles. The van der Waals surface area contributed by atoms with E-state index in [1.807, 2.05) is 0 Å². The quantitative estimate of drug-likeness (QED) is 0.403. The molecule has 0 atom stereocenters. The Labute approximate surface area is 138 Å². The maximum Gasteiger partial charge on any atom is 0.214 e. The maximum absolute atomic E-state index is 11.6. The molecule has 1 saturated heterocycles. The van der Waals surface area contributed by atoms with E-state index >= 15 is 0 Å². The van der Waals surface area contributed by atoms with Gasteiger partial charge in [0.15, 0.2) is 5.96 Å². The lowest BCUT2D eigenvalue weighted by Crippen LogP contribution is -2.45. The van der Waals surface area contributed by atoms with Crippen LogP contribution >= 0.6 is 24.0 Å². The molecule has 0 aromatic carbocycles. The van der Waals surface area contributed by atoms with E-state index in [0.29, 0.717) is 31.4 Å². The number of sulfonamides is 1. The summed E-state index contributed by atoms with van der Waals surface area (Å²) in [6.45, 7) is 1.78. The minimum atomic E-state index is -2.98. The Morgan fingerprint density at radius 3 is 2.55 bits per heavy atom. The number of nitrogens with one attached hydrogen (secondary N) is 2. The zero-order chi connectivity index (χ0) is 13.7. The molecular weight excluding hydrogens is 391 g/mol. The first kappa shape index (κ1) is 18.0. The largest absolute Gasteiger partial charge is 0.355 e. The van der Waals surface area contributed by atoms with E-state index in [9.17, 15) is 8.42 Å². The molecule has 6 nitrogen and oxygen atoms in total. The van der Waals surface area contributed by atoms with Gasteiger partial charge in [-0.2, -0.15) is 0 Å². The molecule has 1 aliphatic heterocycles. The lowest BCUT2D eigenvalue weighted by Gasteiger charge is -2.19. The molecule has 0 radical (unpaired) electrons. The molecule has 0 amide bonds. The molecule has 0 spiro atoms. The van der Waals surface area contributed by atoms with Gasteiger partial charge in [0.05, 0.1) is 5.75 Å². The van der Waals surface area contributed by atoms with E-state index in [-0.39, 0.29) is 24.0 Å². The monoisotopic (exact) mass is 416 g/mol. The predicted molar refractivity (Wildman–Crippen MR) is 92.1 cm³/mol. The van der Waals surface area contributed by atoms with Gasteiger partial charge < -0.3 is 10.6 Å². The normalized spacial score (nSPS) is 23.6. The summed E-state index contributed by atoms with van der Waals surface area (Å²) in [4.78, 5) is 4.18. The SMILES string of the molecule is CN=C(NCCN1CCCS1(=O)=O)NC1CCCC1.I. The van der Waals surface area contributed by atoms with Crippen molar-refractivity contribution in [1.29, 1.82) is 0 Å². The van der Waals surface area contributed by atoms with Crippen LogP contribution in [0.3, 0.4) is 0 Å². The number of hydrogen-bond donors (Lipinski definition) is 2. The summed E-state index contributed by atoms with van der Waals surface area (Å²) in [6.07, 6.45) is 5.70. The highest BCUT2D eigenvalue weighted by Gasteiger charge is 2.27. The summed E-state index contributed by atoms with van der Waals surface area (Å²) >= 11 is 0. The van der Waals surface area contributed by atoms with Crippen molar-refractivity contribution in [3.8, 4) is 0 Å². The van der Waals surface area contributed by atoms with Gasteiger partial charge in [0, 0.05) is 32.7 Å². The van der Waals surface area contributed by atoms with Gasteiger partial charge in [-0.3, -0.25) is 4.99 Å². The number of hydrogen-bond acceptors (Lipinski definition) is 3. The summed E-state index contributed by atoms with van der Waals surface area (Å²) in [6, 6.07) is 0.515. The van der Waals surface area contributed by atoms with Gasteiger partial charge >= 0.3 is 0 Å². The van der Waals surface area contributed by atoms with Crippen molar-refractivity contribution in [3.05, 3.63) is 0 Å². The summed E-state index contributed by atoms with van der Waals surface area (Å²) in [5, 5.41) is 6.58. The molecule has 0 unspecified atom stereocenters. The molecule has 0 aromatic heterocycles. The van der Waals surface area contributed by atoms with Crippen LogP contribution in [-0.2, 0) is 10.0 Å². The van der Waals surface area contributed by atoms with Gasteiger partial charge in [-0.1, -0.05) is 12.8 Å². The van der Waals surface area contributed by atoms with E-state index in [2.05, 4.69) is 15.6 Å². The summed E-state index contributed by atoms with van der Waals surface area (Å²) < 4.78 is 24.8. The lowest BCUT2D eigenvalue weighted by atomic mass is 10.2. The molecule has 2 rings (SSSR count). The third-order valence-electron chi connectivity index (χ3n) is 3.78. The first-order chi connectivity index (χ1) is 9.12. The Hall–Kier alpha value is -0.0900. The molecule has 2 N–H and O–H groups in total. The average molecular weight is 416 g/mol. The fraction of sp³-hybridized carbons (Fsp3) is 0.917. The zero-order valence-electron chi connectivity index (χ0n) is 12.0. The number of rotatable bonds is 4. The van der Waals surface area contributed by atoms with Crippen molar-refractivity contribution in [1.82, 2.24) is 14.9 Å². The second-order valence-electron chi connectivity index (χ2n) is 5.19. The van der Waals surface area contributed by atoms with Crippen molar-refractivity contribution in [2.24, 2.45) is 4.99 Å². The van der Waals surface area contributed by atoms with E-state index in [0.717, 1.165) is 12.4 Å². The summed E-state index contributed by atoms with van der Waals surface area (Å²) in [5.41, 5.74) is 0. The summed E-state index contributed by atoms with van der Waals surface area (Å²) in [5.74, 6) is 1.07. The van der Waals surface area contributed by atoms with E-state index in [1.54, 1.807) is 11.4 Å². The Morgan fingerprint density at radius 2 is 2.00 bits per heavy atom. The third-order valence-corrected chi connectivity index (χ3v) is 5.73. The molecule has 1 saturated carbocycles. The molecule has 1 aliphatic carbocycles. The van der Waals surface area contributed by atoms with E-state index < -0.39 is 10.0 Å². The van der Waals surface area contributed by atoms with Crippen LogP contribution in [0.25, 0.3) is 0 Å². The van der Waals surface area contributed by atoms with Gasteiger partial charge in [0.2, 0.25) is 10.0 Å². The lowest BCUT2D eigenvalue weighted by molar-refractivity contribution is 0.444. The maximum atomic E-state index is 11.6. The molecular formula is C12H25IN4O2S. The van der Waals surface area contributed by atoms with Crippen LogP contribution in [0.1, 0.15) is 32.1 Å². The second kappa shape index (κ2) is 8.38. The second-order valence-corrected chi connectivity index (χ2v) is 7.28. The first-order valence-corrected chi connectivity index (χ1v) is 8.68. The molecule has 8 heteroatoms. The van der Waals surface area contributed by atoms with E-state index in [1.165, 1.54) is 25.7 Å². The van der Waals surface area contributed by atoms with Crippen molar-refractivity contribution in [3.63, 3.8) is 0 Å². The fourth-order valence-corrected chi connectivity index (χ4v) is 4.23.